The quantitative estimate of drug-likeness (QED) is 0.735. The van der Waals surface area contributed by atoms with Gasteiger partial charge in [-0.15, -0.1) is 0 Å². The minimum atomic E-state index is -0.765. The first-order valence-electron chi connectivity index (χ1n) is 6.28. The van der Waals surface area contributed by atoms with Crippen LogP contribution in [0.5, 0.6) is 0 Å². The summed E-state index contributed by atoms with van der Waals surface area (Å²) in [4.78, 5) is 0. The maximum absolute atomic E-state index is 10.3. The zero-order chi connectivity index (χ0) is 13.1. The molecule has 3 rings (SSSR count). The Hall–Kier alpha value is -0.240. The lowest BCUT2D eigenvalue weighted by atomic mass is 10.1. The summed E-state index contributed by atoms with van der Waals surface area (Å²) in [7, 11) is 0. The highest BCUT2D eigenvalue weighted by Gasteiger charge is 2.57. The van der Waals surface area contributed by atoms with Crippen molar-refractivity contribution < 1.29 is 28.8 Å². The van der Waals surface area contributed by atoms with Gasteiger partial charge in [0.05, 0.1) is 6.61 Å². The number of ether oxygens (including phenoxy) is 5. The third-order valence-corrected chi connectivity index (χ3v) is 3.45. The lowest BCUT2D eigenvalue weighted by molar-refractivity contribution is -0.232. The van der Waals surface area contributed by atoms with E-state index < -0.39 is 36.2 Å². The van der Waals surface area contributed by atoms with E-state index in [0.717, 1.165) is 0 Å². The van der Waals surface area contributed by atoms with Crippen molar-refractivity contribution in [1.82, 2.24) is 0 Å². The van der Waals surface area contributed by atoms with E-state index in [1.807, 2.05) is 13.8 Å². The molecule has 1 unspecified atom stereocenters. The van der Waals surface area contributed by atoms with Gasteiger partial charge in [-0.3, -0.25) is 0 Å². The number of fused-ring (bicyclic) bond motifs is 1. The number of hydrogen-bond donors (Lipinski definition) is 1. The smallest absolute Gasteiger partial charge is 0.190 e. The van der Waals surface area contributed by atoms with Gasteiger partial charge in [-0.2, -0.15) is 0 Å². The molecule has 0 aromatic heterocycles. The van der Waals surface area contributed by atoms with Crippen LogP contribution in [0.15, 0.2) is 0 Å². The van der Waals surface area contributed by atoms with E-state index in [9.17, 15) is 5.11 Å². The molecule has 0 bridgehead atoms. The molecular formula is C12H20O6. The highest BCUT2D eigenvalue weighted by atomic mass is 16.8. The summed E-state index contributed by atoms with van der Waals surface area (Å²) in [6, 6.07) is 0. The van der Waals surface area contributed by atoms with Crippen LogP contribution in [-0.4, -0.2) is 54.0 Å². The lowest BCUT2D eigenvalue weighted by Gasteiger charge is -2.26. The zero-order valence-corrected chi connectivity index (χ0v) is 11.1. The Morgan fingerprint density at radius 2 is 1.67 bits per heavy atom. The van der Waals surface area contributed by atoms with Gasteiger partial charge in [0.1, 0.15) is 24.4 Å². The normalized spacial score (nSPS) is 49.5. The minimum absolute atomic E-state index is 0.295. The summed E-state index contributed by atoms with van der Waals surface area (Å²) >= 11 is 0. The molecule has 0 aliphatic carbocycles. The van der Waals surface area contributed by atoms with Crippen LogP contribution in [0, 0.1) is 0 Å². The Labute approximate surface area is 106 Å². The number of hydrogen-bond acceptors (Lipinski definition) is 6. The molecule has 6 nitrogen and oxygen atoms in total. The van der Waals surface area contributed by atoms with Crippen molar-refractivity contribution in [2.75, 3.05) is 6.61 Å². The Bertz CT molecular complexity index is 341. The molecule has 0 radical (unpaired) electrons. The molecule has 3 aliphatic heterocycles. The Kier molecular flexibility index (Phi) is 2.75. The molecule has 5 atom stereocenters. The Morgan fingerprint density at radius 3 is 2.22 bits per heavy atom. The summed E-state index contributed by atoms with van der Waals surface area (Å²) in [5, 5.41) is 10.3. The van der Waals surface area contributed by atoms with Crippen LogP contribution in [0.2, 0.25) is 0 Å². The predicted molar refractivity (Wildman–Crippen MR) is 59.6 cm³/mol. The van der Waals surface area contributed by atoms with Crippen LogP contribution < -0.4 is 0 Å². The van der Waals surface area contributed by atoms with Gasteiger partial charge in [0.25, 0.3) is 0 Å². The number of aliphatic hydroxyl groups excluding tert-OH is 1. The van der Waals surface area contributed by atoms with Crippen LogP contribution in [0.3, 0.4) is 0 Å². The summed E-state index contributed by atoms with van der Waals surface area (Å²) in [6.07, 6.45) is -2.53. The van der Waals surface area contributed by atoms with E-state index in [2.05, 4.69) is 0 Å². The van der Waals surface area contributed by atoms with Crippen molar-refractivity contribution in [2.45, 2.75) is 70.0 Å². The van der Waals surface area contributed by atoms with Crippen molar-refractivity contribution >= 4 is 0 Å². The van der Waals surface area contributed by atoms with Gasteiger partial charge in [0.15, 0.2) is 17.9 Å². The maximum atomic E-state index is 10.3. The van der Waals surface area contributed by atoms with Crippen molar-refractivity contribution in [3.05, 3.63) is 0 Å². The number of aliphatic hydroxyl groups is 1. The van der Waals surface area contributed by atoms with Crippen molar-refractivity contribution in [2.24, 2.45) is 0 Å². The van der Waals surface area contributed by atoms with Gasteiger partial charge in [-0.25, -0.2) is 0 Å². The van der Waals surface area contributed by atoms with Crippen LogP contribution in [0.4, 0.5) is 0 Å². The predicted octanol–water partition coefficient (Wildman–Crippen LogP) is 0.375. The average molecular weight is 260 g/mol. The highest BCUT2D eigenvalue weighted by Crippen LogP contribution is 2.40. The van der Waals surface area contributed by atoms with Gasteiger partial charge in [0.2, 0.25) is 0 Å². The molecule has 0 saturated carbocycles. The topological polar surface area (TPSA) is 66.4 Å². The zero-order valence-electron chi connectivity index (χ0n) is 11.1. The molecule has 0 aromatic rings. The molecule has 3 heterocycles. The molecule has 0 aromatic carbocycles. The summed E-state index contributed by atoms with van der Waals surface area (Å²) < 4.78 is 28.1. The average Bonchev–Trinajstić information content (AvgIpc) is 2.81. The van der Waals surface area contributed by atoms with E-state index in [-0.39, 0.29) is 6.10 Å². The van der Waals surface area contributed by atoms with Crippen LogP contribution >= 0.6 is 0 Å². The van der Waals surface area contributed by atoms with Crippen molar-refractivity contribution in [3.8, 4) is 0 Å². The molecule has 18 heavy (non-hydrogen) atoms. The summed E-state index contributed by atoms with van der Waals surface area (Å²) in [6.45, 7) is 7.68. The van der Waals surface area contributed by atoms with E-state index in [1.54, 1.807) is 13.8 Å². The largest absolute Gasteiger partial charge is 0.387 e. The van der Waals surface area contributed by atoms with Crippen LogP contribution in [0.1, 0.15) is 27.7 Å². The molecule has 3 fully saturated rings. The SMILES string of the molecule is CC1(C)OCC([C@@H]2O[C@@H]3OC(C)(C)O[C@@H]3[C@H]2O)O1. The first kappa shape index (κ1) is 12.8. The standard InChI is InChI=1S/C12H20O6/c1-11(2)14-5-6(16-11)8-7(13)9-10(15-8)18-12(3,4)17-9/h6-10,13H,5H2,1-4H3/t6?,7-,8-,9+,10+/m0/s1. The fourth-order valence-corrected chi connectivity index (χ4v) is 2.70. The lowest BCUT2D eigenvalue weighted by Crippen LogP contribution is -2.42. The number of rotatable bonds is 1. The van der Waals surface area contributed by atoms with Gasteiger partial charge < -0.3 is 28.8 Å². The molecule has 104 valence electrons. The third-order valence-electron chi connectivity index (χ3n) is 3.45. The minimum Gasteiger partial charge on any atom is -0.387 e. The van der Waals surface area contributed by atoms with E-state index >= 15 is 0 Å². The van der Waals surface area contributed by atoms with Crippen molar-refractivity contribution in [1.29, 1.82) is 0 Å². The molecule has 3 aliphatic rings. The van der Waals surface area contributed by atoms with Gasteiger partial charge in [0, 0.05) is 0 Å². The van der Waals surface area contributed by atoms with Gasteiger partial charge in [-0.1, -0.05) is 0 Å². The molecule has 0 amide bonds. The fraction of sp³-hybridized carbons (Fsp3) is 1.00. The Balaban J connectivity index is 1.68. The van der Waals surface area contributed by atoms with E-state index in [1.165, 1.54) is 0 Å². The van der Waals surface area contributed by atoms with Crippen molar-refractivity contribution in [3.63, 3.8) is 0 Å². The van der Waals surface area contributed by atoms with Gasteiger partial charge >= 0.3 is 0 Å². The second-order valence-electron chi connectivity index (χ2n) is 5.93. The first-order chi connectivity index (χ1) is 8.27. The summed E-state index contributed by atoms with van der Waals surface area (Å²) in [5.41, 5.74) is 0. The molecule has 3 saturated heterocycles. The maximum Gasteiger partial charge on any atom is 0.190 e. The summed E-state index contributed by atoms with van der Waals surface area (Å²) in [5.74, 6) is -1.35. The molecule has 6 heteroatoms. The second-order valence-corrected chi connectivity index (χ2v) is 5.93. The fourth-order valence-electron chi connectivity index (χ4n) is 2.70. The second kappa shape index (κ2) is 3.88. The highest BCUT2D eigenvalue weighted by molar-refractivity contribution is 4.97. The van der Waals surface area contributed by atoms with Crippen LogP contribution in [0.25, 0.3) is 0 Å². The van der Waals surface area contributed by atoms with Crippen LogP contribution in [-0.2, 0) is 23.7 Å². The first-order valence-corrected chi connectivity index (χ1v) is 6.28. The molecule has 0 spiro atoms. The molecule has 1 N–H and O–H groups in total. The van der Waals surface area contributed by atoms with E-state index in [4.69, 9.17) is 23.7 Å². The van der Waals surface area contributed by atoms with E-state index in [0.29, 0.717) is 6.61 Å². The molecular weight excluding hydrogens is 240 g/mol. The monoisotopic (exact) mass is 260 g/mol. The Morgan fingerprint density at radius 1 is 0.944 bits per heavy atom. The van der Waals surface area contributed by atoms with Gasteiger partial charge in [-0.05, 0) is 27.7 Å². The third kappa shape index (κ3) is 2.07.